The highest BCUT2D eigenvalue weighted by Crippen LogP contribution is 2.43. The molecule has 3 aliphatic heterocycles. The molecule has 2 bridgehead atoms. The summed E-state index contributed by atoms with van der Waals surface area (Å²) >= 11 is 7.78. The Bertz CT molecular complexity index is 1580. The van der Waals surface area contributed by atoms with E-state index in [0.29, 0.717) is 35.5 Å². The Kier molecular flexibility index (Phi) is 6.85. The van der Waals surface area contributed by atoms with E-state index in [-0.39, 0.29) is 37.5 Å². The van der Waals surface area contributed by atoms with Crippen molar-refractivity contribution < 1.29 is 13.5 Å². The molecule has 0 amide bonds. The summed E-state index contributed by atoms with van der Waals surface area (Å²) in [5.41, 5.74) is 6.74. The van der Waals surface area contributed by atoms with Crippen LogP contribution < -0.4 is 20.7 Å². The zero-order valence-corrected chi connectivity index (χ0v) is 23.5. The molecule has 0 aliphatic carbocycles. The third-order valence-electron chi connectivity index (χ3n) is 8.19. The van der Waals surface area contributed by atoms with Crippen LogP contribution in [0, 0.1) is 11.6 Å². The van der Waals surface area contributed by atoms with Gasteiger partial charge in [-0.2, -0.15) is 9.97 Å². The number of benzene rings is 2. The second-order valence-electron chi connectivity index (χ2n) is 10.9. The second-order valence-corrected chi connectivity index (χ2v) is 12.3. The van der Waals surface area contributed by atoms with Gasteiger partial charge >= 0.3 is 6.01 Å². The Morgan fingerprint density at radius 3 is 2.62 bits per heavy atom. The van der Waals surface area contributed by atoms with Crippen molar-refractivity contribution in [1.29, 1.82) is 0 Å². The largest absolute Gasteiger partial charge is 0.463 e. The van der Waals surface area contributed by atoms with E-state index in [1.165, 1.54) is 25.0 Å². The molecule has 3 aliphatic rings. The standard InChI is InChI=1S/C28H30ClF2N7OS/c29-19-12-18-23(22(31)21(19)17-6-7-20(30)25-24(17)34-27(32)40-25)35-28(39-11-3-10-37-8-1-2-9-37)36-26(18)38-13-15-4-5-16(14-38)33-15/h6-7,12,15-16,33H,1-5,8-11,13-14H2,(H2,32,34)/t15-,16+. The van der Waals surface area contributed by atoms with Crippen molar-refractivity contribution in [3.05, 3.63) is 34.9 Å². The average Bonchev–Trinajstić information content (AvgIpc) is 3.68. The first-order chi connectivity index (χ1) is 19.4. The minimum atomic E-state index is -0.620. The van der Waals surface area contributed by atoms with Crippen LogP contribution in [0.15, 0.2) is 18.2 Å². The topological polar surface area (TPSA) is 92.4 Å². The number of aromatic nitrogens is 3. The Morgan fingerprint density at radius 1 is 1.07 bits per heavy atom. The van der Waals surface area contributed by atoms with Crippen molar-refractivity contribution in [2.24, 2.45) is 0 Å². The fraction of sp³-hybridized carbons (Fsp3) is 0.464. The number of piperazine rings is 1. The zero-order chi connectivity index (χ0) is 27.4. The molecular weight excluding hydrogens is 556 g/mol. The summed E-state index contributed by atoms with van der Waals surface area (Å²) in [5, 5.41) is 4.52. The number of nitrogens with one attached hydrogen (secondary N) is 1. The third kappa shape index (κ3) is 4.72. The molecule has 8 nitrogen and oxygen atoms in total. The van der Waals surface area contributed by atoms with Gasteiger partial charge in [0, 0.05) is 48.2 Å². The van der Waals surface area contributed by atoms with Gasteiger partial charge in [0.15, 0.2) is 10.9 Å². The first-order valence-corrected chi connectivity index (χ1v) is 15.0. The van der Waals surface area contributed by atoms with Crippen LogP contribution >= 0.6 is 22.9 Å². The smallest absolute Gasteiger partial charge is 0.319 e. The molecule has 2 atom stereocenters. The van der Waals surface area contributed by atoms with Crippen LogP contribution in [0.25, 0.3) is 32.2 Å². The lowest BCUT2D eigenvalue weighted by atomic mass is 10.0. The molecule has 2 aromatic heterocycles. The molecule has 2 aromatic carbocycles. The van der Waals surface area contributed by atoms with Crippen LogP contribution in [0.4, 0.5) is 19.7 Å². The maximum absolute atomic E-state index is 16.5. The lowest BCUT2D eigenvalue weighted by molar-refractivity contribution is 0.250. The van der Waals surface area contributed by atoms with Crippen molar-refractivity contribution in [2.75, 3.05) is 50.0 Å². The van der Waals surface area contributed by atoms with Crippen LogP contribution in [-0.4, -0.2) is 71.3 Å². The number of likely N-dealkylation sites (tertiary alicyclic amines) is 1. The van der Waals surface area contributed by atoms with Crippen molar-refractivity contribution >= 4 is 55.0 Å². The summed E-state index contributed by atoms with van der Waals surface area (Å²) in [6.45, 7) is 5.15. The molecule has 4 aromatic rings. The number of ether oxygens (including phenoxy) is 1. The number of nitrogen functional groups attached to an aromatic ring is 1. The van der Waals surface area contributed by atoms with Crippen molar-refractivity contribution in [3.63, 3.8) is 0 Å². The van der Waals surface area contributed by atoms with Crippen LogP contribution in [0.1, 0.15) is 32.1 Å². The van der Waals surface area contributed by atoms with Gasteiger partial charge in [0.1, 0.15) is 17.2 Å². The van der Waals surface area contributed by atoms with Crippen molar-refractivity contribution in [2.45, 2.75) is 44.2 Å². The zero-order valence-electron chi connectivity index (χ0n) is 21.9. The van der Waals surface area contributed by atoms with Gasteiger partial charge in [-0.3, -0.25) is 0 Å². The number of halogens is 3. The summed E-state index contributed by atoms with van der Waals surface area (Å²) < 4.78 is 37.3. The van der Waals surface area contributed by atoms with E-state index >= 15 is 4.39 Å². The van der Waals surface area contributed by atoms with E-state index in [0.717, 1.165) is 63.3 Å². The highest BCUT2D eigenvalue weighted by molar-refractivity contribution is 7.22. The fourth-order valence-electron chi connectivity index (χ4n) is 6.33. The Balaban J connectivity index is 1.31. The Hall–Kier alpha value is -2.86. The molecule has 0 saturated carbocycles. The third-order valence-corrected chi connectivity index (χ3v) is 9.38. The number of thiazole rings is 1. The van der Waals surface area contributed by atoms with Gasteiger partial charge in [0.05, 0.1) is 21.8 Å². The molecule has 0 spiro atoms. The van der Waals surface area contributed by atoms with Crippen LogP contribution in [-0.2, 0) is 0 Å². The summed E-state index contributed by atoms with van der Waals surface area (Å²) in [4.78, 5) is 18.2. The Morgan fingerprint density at radius 2 is 1.85 bits per heavy atom. The number of hydrogen-bond donors (Lipinski definition) is 2. The molecule has 3 N–H and O–H groups in total. The summed E-state index contributed by atoms with van der Waals surface area (Å²) in [5.74, 6) is -0.467. The van der Waals surface area contributed by atoms with Crippen LogP contribution in [0.3, 0.4) is 0 Å². The first kappa shape index (κ1) is 26.1. The van der Waals surface area contributed by atoms with Gasteiger partial charge in [0.25, 0.3) is 0 Å². The lowest BCUT2D eigenvalue weighted by Crippen LogP contribution is -2.51. The normalized spacial score (nSPS) is 21.2. The van der Waals surface area contributed by atoms with Gasteiger partial charge in [-0.05, 0) is 63.4 Å². The predicted molar refractivity (Wildman–Crippen MR) is 155 cm³/mol. The number of nitrogens with zero attached hydrogens (tertiary/aromatic N) is 5. The van der Waals surface area contributed by atoms with E-state index in [1.54, 1.807) is 6.07 Å². The Labute approximate surface area is 239 Å². The van der Waals surface area contributed by atoms with Crippen molar-refractivity contribution in [3.8, 4) is 17.1 Å². The highest BCUT2D eigenvalue weighted by atomic mass is 35.5. The lowest BCUT2D eigenvalue weighted by Gasteiger charge is -2.34. The maximum atomic E-state index is 16.5. The SMILES string of the molecule is Nc1nc2c(-c3c(Cl)cc4c(N5C[C@H]6CC[C@@H](C5)N6)nc(OCCCN5CCCC5)nc4c3F)ccc(F)c2s1. The minimum Gasteiger partial charge on any atom is -0.463 e. The molecule has 5 heterocycles. The maximum Gasteiger partial charge on any atom is 0.319 e. The average molecular weight is 586 g/mol. The number of anilines is 2. The minimum absolute atomic E-state index is 0.106. The molecule has 40 heavy (non-hydrogen) atoms. The molecule has 3 saturated heterocycles. The summed E-state index contributed by atoms with van der Waals surface area (Å²) in [6, 6.07) is 5.33. The molecule has 0 unspecified atom stereocenters. The summed E-state index contributed by atoms with van der Waals surface area (Å²) in [7, 11) is 0. The molecule has 3 fully saturated rings. The van der Waals surface area contributed by atoms with E-state index in [1.807, 2.05) is 0 Å². The van der Waals surface area contributed by atoms with Gasteiger partial charge in [-0.25, -0.2) is 13.8 Å². The number of hydrogen-bond acceptors (Lipinski definition) is 9. The fourth-order valence-corrected chi connectivity index (χ4v) is 7.39. The molecule has 0 radical (unpaired) electrons. The van der Waals surface area contributed by atoms with Crippen LogP contribution in [0.2, 0.25) is 5.02 Å². The quantitative estimate of drug-likeness (QED) is 0.285. The number of fused-ring (bicyclic) bond motifs is 4. The van der Waals surface area contributed by atoms with E-state index in [4.69, 9.17) is 27.1 Å². The first-order valence-electron chi connectivity index (χ1n) is 13.9. The van der Waals surface area contributed by atoms with Gasteiger partial charge in [-0.15, -0.1) is 0 Å². The van der Waals surface area contributed by atoms with Crippen LogP contribution in [0.5, 0.6) is 6.01 Å². The van der Waals surface area contributed by atoms with E-state index in [2.05, 4.69) is 25.1 Å². The van der Waals surface area contributed by atoms with Gasteiger partial charge in [-0.1, -0.05) is 22.9 Å². The number of rotatable bonds is 7. The predicted octanol–water partition coefficient (Wildman–Crippen LogP) is 5.23. The van der Waals surface area contributed by atoms with Gasteiger partial charge < -0.3 is 25.6 Å². The van der Waals surface area contributed by atoms with E-state index in [9.17, 15) is 4.39 Å². The second kappa shape index (κ2) is 10.5. The highest BCUT2D eigenvalue weighted by Gasteiger charge is 2.34. The van der Waals surface area contributed by atoms with E-state index < -0.39 is 11.6 Å². The molecule has 12 heteroatoms. The van der Waals surface area contributed by atoms with Gasteiger partial charge in [0.2, 0.25) is 0 Å². The number of nitrogens with two attached hydrogens (primary N) is 1. The monoisotopic (exact) mass is 585 g/mol. The summed E-state index contributed by atoms with van der Waals surface area (Å²) in [6.07, 6.45) is 5.51. The molecule has 210 valence electrons. The molecule has 7 rings (SSSR count). The van der Waals surface area contributed by atoms with Crippen molar-refractivity contribution in [1.82, 2.24) is 25.2 Å². The molecular formula is C28H30ClF2N7OS.